The van der Waals surface area contributed by atoms with Crippen LogP contribution >= 0.6 is 0 Å². The number of hydrogen-bond donors (Lipinski definition) is 1. The van der Waals surface area contributed by atoms with Gasteiger partial charge in [0.15, 0.2) is 49.2 Å². The Balaban J connectivity index is 1.99. The molecule has 242 valence electrons. The largest absolute Gasteiger partial charge is 0.463 e. The Morgan fingerprint density at radius 2 is 1.25 bits per heavy atom. The van der Waals surface area contributed by atoms with Gasteiger partial charge in [-0.05, 0) is 12.1 Å². The maximum Gasteiger partial charge on any atom is 0.338 e. The summed E-state index contributed by atoms with van der Waals surface area (Å²) in [7, 11) is 0. The zero-order valence-corrected chi connectivity index (χ0v) is 24.6. The first-order valence-corrected chi connectivity index (χ1v) is 13.5. The normalized spacial score (nSPS) is 29.8. The predicted octanol–water partition coefficient (Wildman–Crippen LogP) is -0.0394. The highest BCUT2D eigenvalue weighted by Crippen LogP contribution is 2.33. The third-order valence-corrected chi connectivity index (χ3v) is 6.21. The molecule has 0 radical (unpaired) electrons. The number of ether oxygens (including phenoxy) is 9. The fraction of sp³-hybridized carbons (Fsp3) is 0.571. The molecule has 2 saturated heterocycles. The molecular formula is C28H34O16. The number of hydrogen-bond acceptors (Lipinski definition) is 16. The smallest absolute Gasteiger partial charge is 0.338 e. The lowest BCUT2D eigenvalue weighted by Gasteiger charge is -2.46. The van der Waals surface area contributed by atoms with Crippen molar-refractivity contribution in [1.82, 2.24) is 0 Å². The molecule has 16 heteroatoms. The molecule has 16 nitrogen and oxygen atoms in total. The molecule has 9 atom stereocenters. The van der Waals surface area contributed by atoms with Crippen LogP contribution in [0.4, 0.5) is 0 Å². The van der Waals surface area contributed by atoms with Crippen molar-refractivity contribution in [2.45, 2.75) is 89.9 Å². The fourth-order valence-corrected chi connectivity index (χ4v) is 4.57. The molecule has 2 aliphatic heterocycles. The number of carbonyl (C=O) groups is 6. The Kier molecular flexibility index (Phi) is 12.2. The van der Waals surface area contributed by atoms with E-state index in [9.17, 15) is 33.9 Å². The van der Waals surface area contributed by atoms with E-state index < -0.39 is 104 Å². The van der Waals surface area contributed by atoms with Crippen LogP contribution in [0.1, 0.15) is 45.0 Å². The molecule has 0 spiro atoms. The van der Waals surface area contributed by atoms with Gasteiger partial charge in [0.2, 0.25) is 0 Å². The standard InChI is InChI=1S/C28H34O16/c1-13(29)36-11-20-21(38-14(2)30)23(40-16(4)32)25(41-17(5)33)28(43-20)44-24-22(39-15(3)31)19(12-37-27(24)35)42-26(34)18-9-7-6-8-10-18/h6-10,19-25,27-28,35H,11-12H2,1-5H3/t19-,20-,21+,22+,23+,24-,25-,27?,28-/m1/s1. The predicted molar refractivity (Wildman–Crippen MR) is 140 cm³/mol. The second-order valence-corrected chi connectivity index (χ2v) is 9.78. The number of aliphatic hydroxyl groups is 1. The van der Waals surface area contributed by atoms with Crippen molar-refractivity contribution >= 4 is 35.8 Å². The molecule has 3 rings (SSSR count). The van der Waals surface area contributed by atoms with E-state index in [1.165, 1.54) is 12.1 Å². The molecule has 1 N–H and O–H groups in total. The van der Waals surface area contributed by atoms with Crippen LogP contribution in [0, 0.1) is 0 Å². The zero-order valence-electron chi connectivity index (χ0n) is 24.6. The summed E-state index contributed by atoms with van der Waals surface area (Å²) >= 11 is 0. The van der Waals surface area contributed by atoms with E-state index in [1.54, 1.807) is 18.2 Å². The molecule has 2 aliphatic rings. The van der Waals surface area contributed by atoms with Gasteiger partial charge in [0, 0.05) is 34.6 Å². The molecule has 1 aromatic carbocycles. The summed E-state index contributed by atoms with van der Waals surface area (Å²) in [6.45, 7) is 4.38. The molecule has 44 heavy (non-hydrogen) atoms. The van der Waals surface area contributed by atoms with Crippen molar-refractivity contribution < 1.29 is 76.5 Å². The van der Waals surface area contributed by atoms with Crippen LogP contribution in [-0.2, 0) is 66.6 Å². The van der Waals surface area contributed by atoms with Crippen LogP contribution in [0.5, 0.6) is 0 Å². The van der Waals surface area contributed by atoms with Gasteiger partial charge in [-0.25, -0.2) is 4.79 Å². The minimum atomic E-state index is -1.81. The van der Waals surface area contributed by atoms with E-state index in [1.807, 2.05) is 0 Å². The lowest BCUT2D eigenvalue weighted by molar-refractivity contribution is -0.353. The highest BCUT2D eigenvalue weighted by molar-refractivity contribution is 5.89. The van der Waals surface area contributed by atoms with Crippen LogP contribution in [0.15, 0.2) is 30.3 Å². The van der Waals surface area contributed by atoms with Crippen molar-refractivity contribution in [3.8, 4) is 0 Å². The van der Waals surface area contributed by atoms with Gasteiger partial charge in [-0.3, -0.25) is 24.0 Å². The second kappa shape index (κ2) is 15.6. The summed E-state index contributed by atoms with van der Waals surface area (Å²) in [5.74, 6) is -4.95. The number of aliphatic hydroxyl groups excluding tert-OH is 1. The zero-order chi connectivity index (χ0) is 32.6. The van der Waals surface area contributed by atoms with Crippen molar-refractivity contribution in [1.29, 1.82) is 0 Å². The average Bonchev–Trinajstić information content (AvgIpc) is 2.93. The first-order valence-electron chi connectivity index (χ1n) is 13.5. The van der Waals surface area contributed by atoms with Crippen LogP contribution < -0.4 is 0 Å². The molecule has 0 aliphatic carbocycles. The highest BCUT2D eigenvalue weighted by atomic mass is 16.8. The summed E-state index contributed by atoms with van der Waals surface area (Å²) in [6.07, 6.45) is -14.0. The van der Waals surface area contributed by atoms with E-state index in [4.69, 9.17) is 42.6 Å². The second-order valence-electron chi connectivity index (χ2n) is 9.78. The number of rotatable bonds is 10. The molecule has 1 aromatic rings. The maximum atomic E-state index is 12.8. The van der Waals surface area contributed by atoms with Gasteiger partial charge >= 0.3 is 35.8 Å². The Morgan fingerprint density at radius 1 is 0.705 bits per heavy atom. The van der Waals surface area contributed by atoms with E-state index in [2.05, 4.69) is 0 Å². The first-order chi connectivity index (χ1) is 20.8. The van der Waals surface area contributed by atoms with Crippen LogP contribution in [-0.4, -0.2) is 109 Å². The van der Waals surface area contributed by atoms with Gasteiger partial charge in [0.25, 0.3) is 0 Å². The molecular weight excluding hydrogens is 592 g/mol. The van der Waals surface area contributed by atoms with Gasteiger partial charge in [-0.1, -0.05) is 18.2 Å². The molecule has 0 bridgehead atoms. The van der Waals surface area contributed by atoms with Gasteiger partial charge in [-0.15, -0.1) is 0 Å². The van der Waals surface area contributed by atoms with Gasteiger partial charge < -0.3 is 47.7 Å². The lowest BCUT2D eigenvalue weighted by atomic mass is 9.97. The van der Waals surface area contributed by atoms with Crippen molar-refractivity contribution in [2.24, 2.45) is 0 Å². The number of carbonyl (C=O) groups excluding carboxylic acids is 6. The van der Waals surface area contributed by atoms with Crippen molar-refractivity contribution in [2.75, 3.05) is 13.2 Å². The summed E-state index contributed by atoms with van der Waals surface area (Å²) in [5, 5.41) is 10.8. The SMILES string of the molecule is CC(=O)OC[C@H]1O[C@H](O[C@H]2C(O)OC[C@@H](OC(=O)c3ccccc3)[C@@H]2OC(C)=O)[C@H](OC(C)=O)[C@@H](OC(C)=O)[C@H]1OC(C)=O. The van der Waals surface area contributed by atoms with Crippen LogP contribution in [0.3, 0.4) is 0 Å². The molecule has 0 saturated carbocycles. The molecule has 1 unspecified atom stereocenters. The van der Waals surface area contributed by atoms with Crippen molar-refractivity contribution in [3.63, 3.8) is 0 Å². The van der Waals surface area contributed by atoms with Crippen LogP contribution in [0.25, 0.3) is 0 Å². The van der Waals surface area contributed by atoms with Gasteiger partial charge in [0.05, 0.1) is 12.2 Å². The van der Waals surface area contributed by atoms with Crippen LogP contribution in [0.2, 0.25) is 0 Å². The van der Waals surface area contributed by atoms with Crippen molar-refractivity contribution in [3.05, 3.63) is 35.9 Å². The Morgan fingerprint density at radius 3 is 1.82 bits per heavy atom. The van der Waals surface area contributed by atoms with Gasteiger partial charge in [-0.2, -0.15) is 0 Å². The van der Waals surface area contributed by atoms with Gasteiger partial charge in [0.1, 0.15) is 12.7 Å². The lowest BCUT2D eigenvalue weighted by Crippen LogP contribution is -2.65. The topological polar surface area (TPSA) is 206 Å². The Hall–Kier alpha value is -4.12. The summed E-state index contributed by atoms with van der Waals surface area (Å²) in [4.78, 5) is 72.7. The fourth-order valence-electron chi connectivity index (χ4n) is 4.57. The monoisotopic (exact) mass is 626 g/mol. The molecule has 0 amide bonds. The highest BCUT2D eigenvalue weighted by Gasteiger charge is 2.55. The summed E-state index contributed by atoms with van der Waals surface area (Å²) < 4.78 is 49.2. The van der Waals surface area contributed by atoms with E-state index in [0.29, 0.717) is 0 Å². The van der Waals surface area contributed by atoms with E-state index >= 15 is 0 Å². The minimum absolute atomic E-state index is 0.178. The number of benzene rings is 1. The third kappa shape index (κ3) is 9.44. The summed E-state index contributed by atoms with van der Waals surface area (Å²) in [6, 6.07) is 7.89. The molecule has 2 heterocycles. The van der Waals surface area contributed by atoms with E-state index in [-0.39, 0.29) is 5.56 Å². The quantitative estimate of drug-likeness (QED) is 0.267. The molecule has 0 aromatic heterocycles. The third-order valence-electron chi connectivity index (χ3n) is 6.21. The van der Waals surface area contributed by atoms with E-state index in [0.717, 1.165) is 34.6 Å². The summed E-state index contributed by atoms with van der Waals surface area (Å²) in [5.41, 5.74) is 0.178. The minimum Gasteiger partial charge on any atom is -0.463 e. The number of esters is 6. The first kappa shape index (κ1) is 34.4. The molecule has 2 fully saturated rings. The Bertz CT molecular complexity index is 1200. The average molecular weight is 627 g/mol. The maximum absolute atomic E-state index is 12.8. The Labute approximate surface area is 251 Å².